The maximum atomic E-state index is 12.9. The standard InChI is InChI=1S/C32H50N2O2.HI/c1-6-8-9-10-11-12-13-14-15-16-23-36-30-20-19-28(24-29(30)32(3,4)5)31(35)33-25-27-18-17-22-34(26-27)21-7-2;/h17-20,22,24,26H,6-16,21,23,25H2,1-5H3;1H. The summed E-state index contributed by atoms with van der Waals surface area (Å²) >= 11 is 0. The van der Waals surface area contributed by atoms with E-state index in [1.54, 1.807) is 0 Å². The molecule has 0 saturated carbocycles. The van der Waals surface area contributed by atoms with Crippen molar-refractivity contribution < 1.29 is 38.1 Å². The average molecular weight is 623 g/mol. The lowest BCUT2D eigenvalue weighted by molar-refractivity contribution is -0.697. The molecule has 0 bridgehead atoms. The SMILES string of the molecule is CCCCCCCCCCCCOc1ccc(C(=O)NCc2ccc[n+](CCC)c2)cc1C(C)(C)C.[I-]. The number of halogens is 1. The Kier molecular flexibility index (Phi) is 16.8. The van der Waals surface area contributed by atoms with Gasteiger partial charge in [0.05, 0.1) is 6.61 Å². The zero-order valence-corrected chi connectivity index (χ0v) is 26.2. The molecule has 37 heavy (non-hydrogen) atoms. The molecule has 2 aromatic rings. The Morgan fingerprint density at radius 3 is 2.16 bits per heavy atom. The molecule has 1 aromatic carbocycles. The van der Waals surface area contributed by atoms with Gasteiger partial charge in [0.25, 0.3) is 5.91 Å². The Morgan fingerprint density at radius 2 is 1.54 bits per heavy atom. The number of carbonyl (C=O) groups is 1. The minimum Gasteiger partial charge on any atom is -1.00 e. The zero-order chi connectivity index (χ0) is 26.2. The van der Waals surface area contributed by atoms with Crippen molar-refractivity contribution in [1.29, 1.82) is 0 Å². The maximum absolute atomic E-state index is 12.9. The van der Waals surface area contributed by atoms with Crippen LogP contribution in [0.15, 0.2) is 42.7 Å². The summed E-state index contributed by atoms with van der Waals surface area (Å²) in [6.07, 6.45) is 18.4. The Morgan fingerprint density at radius 1 is 0.892 bits per heavy atom. The first-order valence-electron chi connectivity index (χ1n) is 14.4. The van der Waals surface area contributed by atoms with Crippen LogP contribution < -0.4 is 38.6 Å². The van der Waals surface area contributed by atoms with Crippen LogP contribution in [0.2, 0.25) is 0 Å². The van der Waals surface area contributed by atoms with E-state index >= 15 is 0 Å². The second kappa shape index (κ2) is 18.6. The van der Waals surface area contributed by atoms with Gasteiger partial charge in [-0.25, -0.2) is 4.57 Å². The molecule has 1 aromatic heterocycles. The van der Waals surface area contributed by atoms with Gasteiger partial charge in [0.15, 0.2) is 12.4 Å². The van der Waals surface area contributed by atoms with Crippen molar-refractivity contribution in [3.63, 3.8) is 0 Å². The molecule has 4 nitrogen and oxygen atoms in total. The Hall–Kier alpha value is -1.63. The quantitative estimate of drug-likeness (QED) is 0.155. The number of amides is 1. The van der Waals surface area contributed by atoms with Gasteiger partial charge in [0.1, 0.15) is 12.3 Å². The fraction of sp³-hybridized carbons (Fsp3) is 0.625. The van der Waals surface area contributed by atoms with Crippen LogP contribution in [0.1, 0.15) is 127 Å². The van der Waals surface area contributed by atoms with E-state index in [-0.39, 0.29) is 35.3 Å². The monoisotopic (exact) mass is 622 g/mol. The topological polar surface area (TPSA) is 42.2 Å². The first-order chi connectivity index (χ1) is 17.3. The summed E-state index contributed by atoms with van der Waals surface area (Å²) in [6, 6.07) is 9.96. The number of aromatic nitrogens is 1. The Balaban J connectivity index is 0.00000684. The number of benzene rings is 1. The number of ether oxygens (including phenoxy) is 1. The van der Waals surface area contributed by atoms with E-state index in [1.807, 2.05) is 24.3 Å². The van der Waals surface area contributed by atoms with E-state index in [0.29, 0.717) is 12.1 Å². The van der Waals surface area contributed by atoms with Gasteiger partial charge in [-0.15, -0.1) is 0 Å². The highest BCUT2D eigenvalue weighted by atomic mass is 127. The molecule has 0 fully saturated rings. The highest BCUT2D eigenvalue weighted by molar-refractivity contribution is 5.94. The molecule has 0 aliphatic carbocycles. The molecule has 0 radical (unpaired) electrons. The number of pyridine rings is 1. The van der Waals surface area contributed by atoms with Crippen molar-refractivity contribution in [1.82, 2.24) is 5.32 Å². The molecule has 1 N–H and O–H groups in total. The van der Waals surface area contributed by atoms with Gasteiger partial charge in [0, 0.05) is 35.7 Å². The third kappa shape index (κ3) is 13.1. The molecule has 1 heterocycles. The van der Waals surface area contributed by atoms with Crippen LogP contribution >= 0.6 is 0 Å². The van der Waals surface area contributed by atoms with Gasteiger partial charge in [-0.2, -0.15) is 0 Å². The molecule has 5 heteroatoms. The normalized spacial score (nSPS) is 11.2. The summed E-state index contributed by atoms with van der Waals surface area (Å²) in [5.74, 6) is 0.853. The second-order valence-electron chi connectivity index (χ2n) is 11.1. The summed E-state index contributed by atoms with van der Waals surface area (Å²) in [5.41, 5.74) is 2.77. The highest BCUT2D eigenvalue weighted by Crippen LogP contribution is 2.32. The maximum Gasteiger partial charge on any atom is 0.251 e. The fourth-order valence-corrected chi connectivity index (χ4v) is 4.52. The lowest BCUT2D eigenvalue weighted by atomic mass is 9.85. The lowest BCUT2D eigenvalue weighted by Crippen LogP contribution is -3.00. The van der Waals surface area contributed by atoms with Gasteiger partial charge in [-0.3, -0.25) is 4.79 Å². The van der Waals surface area contributed by atoms with Crippen molar-refractivity contribution in [3.05, 3.63) is 59.4 Å². The van der Waals surface area contributed by atoms with E-state index in [1.165, 1.54) is 57.8 Å². The van der Waals surface area contributed by atoms with E-state index in [9.17, 15) is 4.79 Å². The number of unbranched alkanes of at least 4 members (excludes halogenated alkanes) is 9. The van der Waals surface area contributed by atoms with Crippen molar-refractivity contribution in [2.24, 2.45) is 0 Å². The van der Waals surface area contributed by atoms with Crippen LogP contribution in [0.5, 0.6) is 5.75 Å². The third-order valence-corrected chi connectivity index (χ3v) is 6.66. The van der Waals surface area contributed by atoms with Crippen molar-refractivity contribution >= 4 is 5.91 Å². The first kappa shape index (κ1) is 33.4. The minimum absolute atomic E-state index is 0. The predicted molar refractivity (Wildman–Crippen MR) is 151 cm³/mol. The largest absolute Gasteiger partial charge is 1.00 e. The molecular formula is C32H51IN2O2. The van der Waals surface area contributed by atoms with Crippen LogP contribution in [0.25, 0.3) is 0 Å². The number of hydrogen-bond acceptors (Lipinski definition) is 2. The molecule has 0 aliphatic heterocycles. The number of aryl methyl sites for hydroxylation is 1. The molecule has 0 atom stereocenters. The first-order valence-corrected chi connectivity index (χ1v) is 14.4. The molecule has 208 valence electrons. The van der Waals surface area contributed by atoms with Gasteiger partial charge >= 0.3 is 0 Å². The molecule has 1 amide bonds. The van der Waals surface area contributed by atoms with Crippen LogP contribution in [0, 0.1) is 0 Å². The third-order valence-electron chi connectivity index (χ3n) is 6.66. The fourth-order valence-electron chi connectivity index (χ4n) is 4.52. The summed E-state index contributed by atoms with van der Waals surface area (Å²) in [4.78, 5) is 12.9. The summed E-state index contributed by atoms with van der Waals surface area (Å²) in [7, 11) is 0. The van der Waals surface area contributed by atoms with Gasteiger partial charge in [-0.1, -0.05) is 92.4 Å². The Labute approximate surface area is 244 Å². The number of carbonyl (C=O) groups excluding carboxylic acids is 1. The van der Waals surface area contributed by atoms with Crippen LogP contribution in [-0.2, 0) is 18.5 Å². The Bertz CT molecular complexity index is 908. The van der Waals surface area contributed by atoms with E-state index in [2.05, 4.69) is 63.0 Å². The predicted octanol–water partition coefficient (Wildman–Crippen LogP) is 4.92. The molecule has 0 saturated heterocycles. The second-order valence-corrected chi connectivity index (χ2v) is 11.1. The summed E-state index contributed by atoms with van der Waals surface area (Å²) in [6.45, 7) is 13.2. The van der Waals surface area contributed by atoms with Crippen LogP contribution in [-0.4, -0.2) is 12.5 Å². The molecule has 0 spiro atoms. The minimum atomic E-state index is -0.103. The van der Waals surface area contributed by atoms with E-state index in [4.69, 9.17) is 4.74 Å². The van der Waals surface area contributed by atoms with Crippen molar-refractivity contribution in [2.75, 3.05) is 6.61 Å². The van der Waals surface area contributed by atoms with Crippen LogP contribution in [0.4, 0.5) is 0 Å². The molecular weight excluding hydrogens is 571 g/mol. The van der Waals surface area contributed by atoms with Crippen molar-refractivity contribution in [2.45, 2.75) is 124 Å². The number of nitrogens with zero attached hydrogens (tertiary/aromatic N) is 1. The van der Waals surface area contributed by atoms with Gasteiger partial charge in [0.2, 0.25) is 0 Å². The number of rotatable bonds is 17. The average Bonchev–Trinajstić information content (AvgIpc) is 2.86. The molecule has 0 unspecified atom stereocenters. The summed E-state index contributed by atoms with van der Waals surface area (Å²) in [5, 5.41) is 3.08. The lowest BCUT2D eigenvalue weighted by Gasteiger charge is -2.23. The number of hydrogen-bond donors (Lipinski definition) is 1. The summed E-state index contributed by atoms with van der Waals surface area (Å²) < 4.78 is 8.37. The van der Waals surface area contributed by atoms with Crippen LogP contribution in [0.3, 0.4) is 0 Å². The number of nitrogens with one attached hydrogen (secondary N) is 1. The highest BCUT2D eigenvalue weighted by Gasteiger charge is 2.21. The zero-order valence-electron chi connectivity index (χ0n) is 24.1. The van der Waals surface area contributed by atoms with Gasteiger partial charge < -0.3 is 34.0 Å². The van der Waals surface area contributed by atoms with Gasteiger partial charge in [-0.05, 0) is 36.1 Å². The smallest absolute Gasteiger partial charge is 0.251 e. The molecule has 0 aliphatic rings. The molecule has 2 rings (SSSR count). The van der Waals surface area contributed by atoms with Crippen molar-refractivity contribution in [3.8, 4) is 5.75 Å². The van der Waals surface area contributed by atoms with E-state index < -0.39 is 0 Å². The van der Waals surface area contributed by atoms with E-state index in [0.717, 1.165) is 42.9 Å².